The SMILES string of the molecule is CN1CCCC(C(F)(F)C(N)=O)C1. The normalized spacial score (nSPS) is 25.9. The first-order chi connectivity index (χ1) is 5.94. The molecular weight excluding hydrogens is 178 g/mol. The molecule has 1 saturated heterocycles. The van der Waals surface area contributed by atoms with Gasteiger partial charge in [-0.15, -0.1) is 0 Å². The Morgan fingerprint density at radius 3 is 2.69 bits per heavy atom. The minimum atomic E-state index is -3.35. The summed E-state index contributed by atoms with van der Waals surface area (Å²) in [7, 11) is 1.77. The van der Waals surface area contributed by atoms with Crippen LogP contribution in [-0.2, 0) is 4.79 Å². The lowest BCUT2D eigenvalue weighted by Gasteiger charge is -2.33. The van der Waals surface area contributed by atoms with Gasteiger partial charge in [0.2, 0.25) is 0 Å². The number of carbonyl (C=O) groups excluding carboxylic acids is 1. The van der Waals surface area contributed by atoms with E-state index in [9.17, 15) is 13.6 Å². The van der Waals surface area contributed by atoms with Crippen molar-refractivity contribution in [3.05, 3.63) is 0 Å². The van der Waals surface area contributed by atoms with Crippen LogP contribution in [0.5, 0.6) is 0 Å². The van der Waals surface area contributed by atoms with E-state index in [0.717, 1.165) is 6.54 Å². The van der Waals surface area contributed by atoms with E-state index in [4.69, 9.17) is 0 Å². The lowest BCUT2D eigenvalue weighted by atomic mass is 9.91. The van der Waals surface area contributed by atoms with Gasteiger partial charge in [0, 0.05) is 12.5 Å². The van der Waals surface area contributed by atoms with Gasteiger partial charge in [-0.3, -0.25) is 4.79 Å². The molecule has 0 aromatic carbocycles. The average molecular weight is 192 g/mol. The fourth-order valence-corrected chi connectivity index (χ4v) is 1.66. The Kier molecular flexibility index (Phi) is 2.85. The average Bonchev–Trinajstić information content (AvgIpc) is 2.04. The molecule has 3 nitrogen and oxygen atoms in total. The van der Waals surface area contributed by atoms with E-state index in [1.54, 1.807) is 11.9 Å². The molecule has 0 aromatic rings. The van der Waals surface area contributed by atoms with Crippen molar-refractivity contribution in [1.82, 2.24) is 4.90 Å². The molecular formula is C8H14F2N2O. The molecule has 2 N–H and O–H groups in total. The van der Waals surface area contributed by atoms with Gasteiger partial charge in [-0.2, -0.15) is 8.78 Å². The summed E-state index contributed by atoms with van der Waals surface area (Å²) in [6, 6.07) is 0. The number of carbonyl (C=O) groups is 1. The fraction of sp³-hybridized carbons (Fsp3) is 0.875. The van der Waals surface area contributed by atoms with Crippen molar-refractivity contribution in [1.29, 1.82) is 0 Å². The zero-order valence-corrected chi connectivity index (χ0v) is 7.59. The molecule has 0 aliphatic carbocycles. The van der Waals surface area contributed by atoms with Crippen molar-refractivity contribution in [2.45, 2.75) is 18.8 Å². The van der Waals surface area contributed by atoms with Crippen molar-refractivity contribution in [3.8, 4) is 0 Å². The second kappa shape index (κ2) is 3.57. The molecule has 1 fully saturated rings. The second-order valence-electron chi connectivity index (χ2n) is 3.59. The summed E-state index contributed by atoms with van der Waals surface area (Å²) in [4.78, 5) is 12.3. The number of halogens is 2. The Labute approximate surface area is 75.9 Å². The molecule has 1 aliphatic heterocycles. The molecule has 0 bridgehead atoms. The number of hydrogen-bond donors (Lipinski definition) is 1. The summed E-state index contributed by atoms with van der Waals surface area (Å²) in [6.07, 6.45) is 1.07. The van der Waals surface area contributed by atoms with Crippen molar-refractivity contribution in [3.63, 3.8) is 0 Å². The van der Waals surface area contributed by atoms with E-state index in [-0.39, 0.29) is 6.54 Å². The lowest BCUT2D eigenvalue weighted by Crippen LogP contribution is -2.48. The highest BCUT2D eigenvalue weighted by Crippen LogP contribution is 2.31. The number of primary amides is 1. The number of piperidine rings is 1. The number of hydrogen-bond acceptors (Lipinski definition) is 2. The molecule has 13 heavy (non-hydrogen) atoms. The highest BCUT2D eigenvalue weighted by atomic mass is 19.3. The zero-order valence-electron chi connectivity index (χ0n) is 7.59. The molecule has 76 valence electrons. The number of rotatable bonds is 2. The number of likely N-dealkylation sites (tertiary alicyclic amines) is 1. The van der Waals surface area contributed by atoms with E-state index in [1.807, 2.05) is 0 Å². The van der Waals surface area contributed by atoms with Crippen LogP contribution >= 0.6 is 0 Å². The van der Waals surface area contributed by atoms with E-state index in [1.165, 1.54) is 0 Å². The van der Waals surface area contributed by atoms with E-state index < -0.39 is 17.7 Å². The van der Waals surface area contributed by atoms with Gasteiger partial charge in [-0.05, 0) is 26.4 Å². The first-order valence-electron chi connectivity index (χ1n) is 4.31. The summed E-state index contributed by atoms with van der Waals surface area (Å²) >= 11 is 0. The molecule has 1 atom stereocenters. The topological polar surface area (TPSA) is 46.3 Å². The number of alkyl halides is 2. The Morgan fingerprint density at radius 1 is 1.62 bits per heavy atom. The van der Waals surface area contributed by atoms with Crippen molar-refractivity contribution in [2.24, 2.45) is 11.7 Å². The highest BCUT2D eigenvalue weighted by molar-refractivity contribution is 5.81. The van der Waals surface area contributed by atoms with Gasteiger partial charge >= 0.3 is 5.92 Å². The first-order valence-corrected chi connectivity index (χ1v) is 4.31. The van der Waals surface area contributed by atoms with Gasteiger partial charge in [-0.25, -0.2) is 0 Å². The minimum absolute atomic E-state index is 0.246. The molecule has 1 rings (SSSR count). The van der Waals surface area contributed by atoms with E-state index in [2.05, 4.69) is 5.73 Å². The Balaban J connectivity index is 2.64. The number of amides is 1. The van der Waals surface area contributed by atoms with E-state index >= 15 is 0 Å². The molecule has 1 aliphatic rings. The summed E-state index contributed by atoms with van der Waals surface area (Å²) in [5.74, 6) is -5.77. The second-order valence-corrected chi connectivity index (χ2v) is 3.59. The lowest BCUT2D eigenvalue weighted by molar-refractivity contribution is -0.153. The van der Waals surface area contributed by atoms with Crippen molar-refractivity contribution >= 4 is 5.91 Å². The summed E-state index contributed by atoms with van der Waals surface area (Å²) in [5, 5.41) is 0. The predicted molar refractivity (Wildman–Crippen MR) is 44.4 cm³/mol. The van der Waals surface area contributed by atoms with Crippen LogP contribution in [0.2, 0.25) is 0 Å². The third-order valence-corrected chi connectivity index (χ3v) is 2.47. The Bertz CT molecular complexity index is 208. The smallest absolute Gasteiger partial charge is 0.328 e. The molecule has 1 amide bonds. The molecule has 1 unspecified atom stereocenters. The van der Waals surface area contributed by atoms with E-state index in [0.29, 0.717) is 12.8 Å². The standard InChI is InChI=1S/C8H14F2N2O/c1-12-4-2-3-6(5-12)8(9,10)7(11)13/h6H,2-5H2,1H3,(H2,11,13). The first kappa shape index (κ1) is 10.4. The molecule has 5 heteroatoms. The van der Waals surface area contributed by atoms with Gasteiger partial charge in [0.25, 0.3) is 5.91 Å². The van der Waals surface area contributed by atoms with Gasteiger partial charge in [0.05, 0.1) is 0 Å². The fourth-order valence-electron chi connectivity index (χ4n) is 1.66. The predicted octanol–water partition coefficient (Wildman–Crippen LogP) is 0.449. The van der Waals surface area contributed by atoms with Crippen molar-refractivity contribution in [2.75, 3.05) is 20.1 Å². The van der Waals surface area contributed by atoms with Crippen LogP contribution in [0, 0.1) is 5.92 Å². The Morgan fingerprint density at radius 2 is 2.23 bits per heavy atom. The van der Waals surface area contributed by atoms with Gasteiger partial charge in [0.1, 0.15) is 0 Å². The van der Waals surface area contributed by atoms with Gasteiger partial charge in [0.15, 0.2) is 0 Å². The summed E-state index contributed by atoms with van der Waals surface area (Å²) < 4.78 is 26.2. The van der Waals surface area contributed by atoms with Crippen LogP contribution < -0.4 is 5.73 Å². The monoisotopic (exact) mass is 192 g/mol. The largest absolute Gasteiger partial charge is 0.364 e. The quantitative estimate of drug-likeness (QED) is 0.690. The summed E-state index contributed by atoms with van der Waals surface area (Å²) in [5.41, 5.74) is 4.64. The van der Waals surface area contributed by atoms with Crippen LogP contribution in [0.15, 0.2) is 0 Å². The third kappa shape index (κ3) is 2.15. The maximum absolute atomic E-state index is 13.1. The molecule has 0 spiro atoms. The van der Waals surface area contributed by atoms with Crippen LogP contribution in [0.1, 0.15) is 12.8 Å². The maximum atomic E-state index is 13.1. The van der Waals surface area contributed by atoms with Crippen LogP contribution in [0.4, 0.5) is 8.78 Å². The highest BCUT2D eigenvalue weighted by Gasteiger charge is 2.46. The zero-order chi connectivity index (χ0) is 10.1. The molecule has 0 saturated carbocycles. The van der Waals surface area contributed by atoms with Crippen LogP contribution in [0.25, 0.3) is 0 Å². The van der Waals surface area contributed by atoms with Crippen LogP contribution in [0.3, 0.4) is 0 Å². The van der Waals surface area contributed by atoms with Gasteiger partial charge < -0.3 is 10.6 Å². The molecule has 1 heterocycles. The summed E-state index contributed by atoms with van der Waals surface area (Å²) in [6.45, 7) is 1.06. The maximum Gasteiger partial charge on any atom is 0.328 e. The molecule has 0 aromatic heterocycles. The number of nitrogens with two attached hydrogens (primary N) is 1. The van der Waals surface area contributed by atoms with Crippen molar-refractivity contribution < 1.29 is 13.6 Å². The number of nitrogens with zero attached hydrogens (tertiary/aromatic N) is 1. The van der Waals surface area contributed by atoms with Gasteiger partial charge in [-0.1, -0.05) is 0 Å². The minimum Gasteiger partial charge on any atom is -0.364 e. The Hall–Kier alpha value is -0.710. The third-order valence-electron chi connectivity index (χ3n) is 2.47. The molecule has 0 radical (unpaired) electrons. The van der Waals surface area contributed by atoms with Crippen LogP contribution in [-0.4, -0.2) is 36.9 Å².